The summed E-state index contributed by atoms with van der Waals surface area (Å²) in [6.07, 6.45) is 0. The van der Waals surface area contributed by atoms with Gasteiger partial charge in [-0.15, -0.1) is 0 Å². The second-order valence-electron chi connectivity index (χ2n) is 4.55. The molecule has 0 aliphatic rings. The normalized spacial score (nSPS) is 11.2. The molecule has 1 heterocycles. The molecule has 0 atom stereocenters. The molecule has 2 aromatic carbocycles. The van der Waals surface area contributed by atoms with Crippen molar-refractivity contribution in [2.75, 3.05) is 0 Å². The van der Waals surface area contributed by atoms with Gasteiger partial charge in [0, 0.05) is 21.9 Å². The number of pyridine rings is 1. The summed E-state index contributed by atoms with van der Waals surface area (Å²) >= 11 is 0. The van der Waals surface area contributed by atoms with Crippen LogP contribution in [0.4, 0.5) is 0 Å². The van der Waals surface area contributed by atoms with E-state index in [-0.39, 0.29) is 11.5 Å². The number of fused-ring (bicyclic) bond motifs is 2. The maximum absolute atomic E-state index is 9.72. The van der Waals surface area contributed by atoms with Gasteiger partial charge in [-0.05, 0) is 44.2 Å². The molecule has 90 valence electrons. The molecule has 0 saturated carbocycles. The summed E-state index contributed by atoms with van der Waals surface area (Å²) in [5.74, 6) is 0.485. The van der Waals surface area contributed by atoms with E-state index in [1.807, 2.05) is 32.0 Å². The first-order chi connectivity index (χ1) is 8.58. The quantitative estimate of drug-likeness (QED) is 0.591. The second-order valence-corrected chi connectivity index (χ2v) is 4.55. The Labute approximate surface area is 104 Å². The highest BCUT2D eigenvalue weighted by Crippen LogP contribution is 2.31. The van der Waals surface area contributed by atoms with Crippen molar-refractivity contribution >= 4 is 21.8 Å². The zero-order chi connectivity index (χ0) is 12.9. The molecule has 0 amide bonds. The van der Waals surface area contributed by atoms with Crippen LogP contribution in [-0.2, 0) is 0 Å². The molecule has 0 bridgehead atoms. The number of aryl methyl sites for hydroxylation is 2. The molecule has 2 N–H and O–H groups in total. The monoisotopic (exact) mass is 239 g/mol. The number of phenols is 2. The highest BCUT2D eigenvalue weighted by molar-refractivity contribution is 5.96. The van der Waals surface area contributed by atoms with Crippen LogP contribution in [0, 0.1) is 13.8 Å². The molecule has 0 radical (unpaired) electrons. The van der Waals surface area contributed by atoms with Crippen LogP contribution in [-0.4, -0.2) is 15.2 Å². The average molecular weight is 239 g/mol. The number of benzene rings is 2. The topological polar surface area (TPSA) is 53.4 Å². The van der Waals surface area contributed by atoms with Crippen molar-refractivity contribution in [1.82, 2.24) is 4.98 Å². The van der Waals surface area contributed by atoms with Gasteiger partial charge in [0.15, 0.2) is 0 Å². The molecule has 18 heavy (non-hydrogen) atoms. The maximum Gasteiger partial charge on any atom is 0.120 e. The largest absolute Gasteiger partial charge is 0.508 e. The van der Waals surface area contributed by atoms with E-state index in [4.69, 9.17) is 0 Å². The SMILES string of the molecule is Cc1c(O)ccc2cc3ccc(O)c(C)c3nc12. The Hall–Kier alpha value is -2.29. The van der Waals surface area contributed by atoms with E-state index in [0.29, 0.717) is 0 Å². The van der Waals surface area contributed by atoms with E-state index in [1.165, 1.54) is 0 Å². The molecule has 0 aliphatic carbocycles. The summed E-state index contributed by atoms with van der Waals surface area (Å²) in [6, 6.07) is 9.09. The third kappa shape index (κ3) is 1.40. The van der Waals surface area contributed by atoms with Crippen LogP contribution < -0.4 is 0 Å². The van der Waals surface area contributed by atoms with Gasteiger partial charge in [0.05, 0.1) is 11.0 Å². The second kappa shape index (κ2) is 3.60. The molecular formula is C15H13NO2. The van der Waals surface area contributed by atoms with Gasteiger partial charge >= 0.3 is 0 Å². The van der Waals surface area contributed by atoms with E-state index >= 15 is 0 Å². The Morgan fingerprint density at radius 3 is 1.67 bits per heavy atom. The van der Waals surface area contributed by atoms with E-state index in [9.17, 15) is 10.2 Å². The lowest BCUT2D eigenvalue weighted by Crippen LogP contribution is -1.89. The van der Waals surface area contributed by atoms with Crippen LogP contribution in [0.15, 0.2) is 30.3 Å². The van der Waals surface area contributed by atoms with Crippen LogP contribution in [0.1, 0.15) is 11.1 Å². The third-order valence-corrected chi connectivity index (χ3v) is 3.40. The van der Waals surface area contributed by atoms with Crippen LogP contribution in [0.2, 0.25) is 0 Å². The van der Waals surface area contributed by atoms with E-state index in [1.54, 1.807) is 12.1 Å². The fourth-order valence-electron chi connectivity index (χ4n) is 2.23. The Bertz CT molecular complexity index is 715. The number of hydrogen-bond donors (Lipinski definition) is 2. The first-order valence-electron chi connectivity index (χ1n) is 5.79. The van der Waals surface area contributed by atoms with Crippen LogP contribution >= 0.6 is 0 Å². The summed E-state index contributed by atoms with van der Waals surface area (Å²) in [5, 5.41) is 21.4. The maximum atomic E-state index is 9.72. The van der Waals surface area contributed by atoms with Gasteiger partial charge in [0.2, 0.25) is 0 Å². The zero-order valence-electron chi connectivity index (χ0n) is 10.2. The first-order valence-corrected chi connectivity index (χ1v) is 5.79. The molecule has 0 unspecified atom stereocenters. The van der Waals surface area contributed by atoms with Crippen molar-refractivity contribution < 1.29 is 10.2 Å². The zero-order valence-corrected chi connectivity index (χ0v) is 10.2. The predicted octanol–water partition coefficient (Wildman–Crippen LogP) is 3.42. The summed E-state index contributed by atoms with van der Waals surface area (Å²) in [6.45, 7) is 3.68. The minimum Gasteiger partial charge on any atom is -0.508 e. The number of aromatic nitrogens is 1. The predicted molar refractivity (Wildman–Crippen MR) is 72.1 cm³/mol. The Kier molecular flexibility index (Phi) is 2.17. The highest BCUT2D eigenvalue weighted by atomic mass is 16.3. The average Bonchev–Trinajstić information content (AvgIpc) is 2.37. The fraction of sp³-hybridized carbons (Fsp3) is 0.133. The van der Waals surface area contributed by atoms with Gasteiger partial charge in [0.25, 0.3) is 0 Å². The standard InChI is InChI=1S/C15H13NO2/c1-8-12(17)5-3-10-7-11-4-6-13(18)9(2)15(11)16-14(8)10/h3-7,17-18H,1-2H3. The lowest BCUT2D eigenvalue weighted by Gasteiger charge is -2.08. The van der Waals surface area contributed by atoms with Crippen molar-refractivity contribution in [3.63, 3.8) is 0 Å². The van der Waals surface area contributed by atoms with Gasteiger partial charge < -0.3 is 10.2 Å². The molecule has 0 saturated heterocycles. The molecular weight excluding hydrogens is 226 g/mol. The smallest absolute Gasteiger partial charge is 0.120 e. The van der Waals surface area contributed by atoms with Crippen molar-refractivity contribution in [3.05, 3.63) is 41.5 Å². The third-order valence-electron chi connectivity index (χ3n) is 3.40. The van der Waals surface area contributed by atoms with Crippen LogP contribution in [0.3, 0.4) is 0 Å². The summed E-state index contributed by atoms with van der Waals surface area (Å²) in [4.78, 5) is 4.58. The molecule has 3 heteroatoms. The van der Waals surface area contributed by atoms with E-state index in [0.717, 1.165) is 32.9 Å². The number of rotatable bonds is 0. The highest BCUT2D eigenvalue weighted by Gasteiger charge is 2.09. The van der Waals surface area contributed by atoms with Crippen LogP contribution in [0.5, 0.6) is 11.5 Å². The Balaban J connectivity index is 2.52. The minimum absolute atomic E-state index is 0.243. The molecule has 3 nitrogen and oxygen atoms in total. The first kappa shape index (κ1) is 10.8. The van der Waals surface area contributed by atoms with Crippen molar-refractivity contribution in [2.24, 2.45) is 0 Å². The van der Waals surface area contributed by atoms with E-state index in [2.05, 4.69) is 4.98 Å². The molecule has 3 aromatic rings. The van der Waals surface area contributed by atoms with Crippen molar-refractivity contribution in [1.29, 1.82) is 0 Å². The molecule has 1 aromatic heterocycles. The minimum atomic E-state index is 0.243. The number of aromatic hydroxyl groups is 2. The summed E-state index contributed by atoms with van der Waals surface area (Å²) in [5.41, 5.74) is 3.07. The molecule has 0 spiro atoms. The Morgan fingerprint density at radius 2 is 1.22 bits per heavy atom. The van der Waals surface area contributed by atoms with Gasteiger partial charge in [-0.1, -0.05) is 0 Å². The fourth-order valence-corrected chi connectivity index (χ4v) is 2.23. The number of hydrogen-bond acceptors (Lipinski definition) is 3. The van der Waals surface area contributed by atoms with Gasteiger partial charge in [-0.2, -0.15) is 0 Å². The van der Waals surface area contributed by atoms with Crippen LogP contribution in [0.25, 0.3) is 21.8 Å². The van der Waals surface area contributed by atoms with Crippen molar-refractivity contribution in [3.8, 4) is 11.5 Å². The van der Waals surface area contributed by atoms with Gasteiger partial charge in [-0.3, -0.25) is 0 Å². The van der Waals surface area contributed by atoms with E-state index < -0.39 is 0 Å². The summed E-state index contributed by atoms with van der Waals surface area (Å²) in [7, 11) is 0. The molecule has 0 fully saturated rings. The Morgan fingerprint density at radius 1 is 0.778 bits per heavy atom. The number of nitrogens with zero attached hydrogens (tertiary/aromatic N) is 1. The summed E-state index contributed by atoms with van der Waals surface area (Å²) < 4.78 is 0. The van der Waals surface area contributed by atoms with Gasteiger partial charge in [-0.25, -0.2) is 4.98 Å². The van der Waals surface area contributed by atoms with Crippen molar-refractivity contribution in [2.45, 2.75) is 13.8 Å². The molecule has 3 rings (SSSR count). The molecule has 0 aliphatic heterocycles. The lowest BCUT2D eigenvalue weighted by molar-refractivity contribution is 0.472. The number of phenolic OH excluding ortho intramolecular Hbond substituents is 2. The lowest BCUT2D eigenvalue weighted by atomic mass is 10.0. The van der Waals surface area contributed by atoms with Gasteiger partial charge in [0.1, 0.15) is 11.5 Å².